The van der Waals surface area contributed by atoms with E-state index in [1.165, 1.54) is 4.90 Å². The number of hydrogen-bond acceptors (Lipinski definition) is 2. The molecule has 1 aromatic rings. The summed E-state index contributed by atoms with van der Waals surface area (Å²) in [6, 6.07) is 10.1. The highest BCUT2D eigenvalue weighted by Crippen LogP contribution is 2.19. The Labute approximate surface area is 95.9 Å². The minimum Gasteiger partial charge on any atom is -0.392 e. The van der Waals surface area contributed by atoms with Crippen LogP contribution < -0.4 is 0 Å². The van der Waals surface area contributed by atoms with Crippen molar-refractivity contribution in [3.63, 3.8) is 0 Å². The molecule has 1 nitrogen and oxygen atoms in total. The van der Waals surface area contributed by atoms with E-state index in [1.807, 2.05) is 18.2 Å². The Kier molecular flexibility index (Phi) is 5.99. The zero-order valence-electron chi connectivity index (χ0n) is 8.73. The van der Waals surface area contributed by atoms with Crippen LogP contribution in [0.4, 0.5) is 0 Å². The molecule has 0 aliphatic rings. The van der Waals surface area contributed by atoms with Crippen molar-refractivity contribution in [2.24, 2.45) is 0 Å². The zero-order chi connectivity index (χ0) is 10.9. The third-order valence-corrected chi connectivity index (χ3v) is 3.20. The molecule has 1 aromatic carbocycles. The number of hydrogen-bond donors (Lipinski definition) is 1. The molecular weight excluding hydrogens is 204 g/mol. The molecule has 0 spiro atoms. The van der Waals surface area contributed by atoms with Crippen LogP contribution in [0.5, 0.6) is 0 Å². The van der Waals surface area contributed by atoms with Gasteiger partial charge in [0.1, 0.15) is 0 Å². The first-order chi connectivity index (χ1) is 7.33. The standard InChI is InChI=1S/C13H16OS/c1-2-3-5-8-12(14)11-15-13-9-6-4-7-10-13/h1,4,6-7,9-10,12,14H,3,5,8,11H2. The van der Waals surface area contributed by atoms with Crippen LogP contribution in [0.15, 0.2) is 35.2 Å². The Morgan fingerprint density at radius 1 is 1.33 bits per heavy atom. The highest BCUT2D eigenvalue weighted by molar-refractivity contribution is 7.99. The summed E-state index contributed by atoms with van der Waals surface area (Å²) < 4.78 is 0. The molecule has 1 rings (SSSR count). The molecule has 15 heavy (non-hydrogen) atoms. The maximum atomic E-state index is 9.65. The van der Waals surface area contributed by atoms with Gasteiger partial charge in [-0.1, -0.05) is 18.2 Å². The van der Waals surface area contributed by atoms with E-state index >= 15 is 0 Å². The van der Waals surface area contributed by atoms with E-state index < -0.39 is 0 Å². The summed E-state index contributed by atoms with van der Waals surface area (Å²) in [6.45, 7) is 0. The molecule has 0 amide bonds. The molecule has 0 aliphatic heterocycles. The molecule has 1 atom stereocenters. The van der Waals surface area contributed by atoms with Crippen molar-refractivity contribution in [3.05, 3.63) is 30.3 Å². The topological polar surface area (TPSA) is 20.2 Å². The maximum Gasteiger partial charge on any atom is 0.0634 e. The third kappa shape index (κ3) is 5.51. The quantitative estimate of drug-likeness (QED) is 0.452. The molecule has 0 aliphatic carbocycles. The van der Waals surface area contributed by atoms with E-state index in [4.69, 9.17) is 6.42 Å². The van der Waals surface area contributed by atoms with Gasteiger partial charge < -0.3 is 5.11 Å². The second-order valence-corrected chi connectivity index (χ2v) is 4.47. The average molecular weight is 220 g/mol. The first kappa shape index (κ1) is 12.2. The third-order valence-electron chi connectivity index (χ3n) is 2.04. The van der Waals surface area contributed by atoms with Crippen LogP contribution >= 0.6 is 11.8 Å². The van der Waals surface area contributed by atoms with Gasteiger partial charge in [0, 0.05) is 17.1 Å². The van der Waals surface area contributed by atoms with Gasteiger partial charge in [-0.05, 0) is 25.0 Å². The van der Waals surface area contributed by atoms with Gasteiger partial charge in [-0.3, -0.25) is 0 Å². The lowest BCUT2D eigenvalue weighted by Crippen LogP contribution is -2.09. The predicted molar refractivity (Wildman–Crippen MR) is 65.9 cm³/mol. The van der Waals surface area contributed by atoms with Gasteiger partial charge in [-0.15, -0.1) is 24.1 Å². The van der Waals surface area contributed by atoms with Gasteiger partial charge in [0.2, 0.25) is 0 Å². The molecule has 0 heterocycles. The Balaban J connectivity index is 2.17. The maximum absolute atomic E-state index is 9.65. The SMILES string of the molecule is C#CCCCC(O)CSc1ccccc1. The van der Waals surface area contributed by atoms with Gasteiger partial charge >= 0.3 is 0 Å². The normalized spacial score (nSPS) is 12.0. The van der Waals surface area contributed by atoms with Crippen molar-refractivity contribution in [3.8, 4) is 12.3 Å². The van der Waals surface area contributed by atoms with Crippen LogP contribution in [0.1, 0.15) is 19.3 Å². The van der Waals surface area contributed by atoms with Crippen molar-refractivity contribution in [1.82, 2.24) is 0 Å². The number of terminal acetylenes is 1. The van der Waals surface area contributed by atoms with Crippen LogP contribution in [-0.2, 0) is 0 Å². The molecule has 0 aromatic heterocycles. The van der Waals surface area contributed by atoms with Crippen molar-refractivity contribution < 1.29 is 5.11 Å². The van der Waals surface area contributed by atoms with Crippen LogP contribution in [-0.4, -0.2) is 17.0 Å². The fourth-order valence-electron chi connectivity index (χ4n) is 1.23. The summed E-state index contributed by atoms with van der Waals surface area (Å²) in [5, 5.41) is 9.65. The smallest absolute Gasteiger partial charge is 0.0634 e. The molecule has 0 bridgehead atoms. The molecule has 0 radical (unpaired) electrons. The number of rotatable bonds is 6. The lowest BCUT2D eigenvalue weighted by atomic mass is 10.2. The molecule has 80 valence electrons. The van der Waals surface area contributed by atoms with Gasteiger partial charge in [-0.2, -0.15) is 0 Å². The highest BCUT2D eigenvalue weighted by Gasteiger charge is 2.03. The lowest BCUT2D eigenvalue weighted by molar-refractivity contribution is 0.187. The van der Waals surface area contributed by atoms with E-state index in [-0.39, 0.29) is 6.10 Å². The average Bonchev–Trinajstić information content (AvgIpc) is 2.28. The molecule has 0 saturated heterocycles. The minimum absolute atomic E-state index is 0.247. The number of thioether (sulfide) groups is 1. The summed E-state index contributed by atoms with van der Waals surface area (Å²) in [7, 11) is 0. The molecule has 0 saturated carbocycles. The number of unbranched alkanes of at least 4 members (excludes halogenated alkanes) is 1. The van der Waals surface area contributed by atoms with Crippen LogP contribution in [0.2, 0.25) is 0 Å². The predicted octanol–water partition coefficient (Wildman–Crippen LogP) is 2.94. The van der Waals surface area contributed by atoms with E-state index in [2.05, 4.69) is 18.1 Å². The highest BCUT2D eigenvalue weighted by atomic mass is 32.2. The lowest BCUT2D eigenvalue weighted by Gasteiger charge is -2.08. The van der Waals surface area contributed by atoms with Crippen molar-refractivity contribution in [1.29, 1.82) is 0 Å². The van der Waals surface area contributed by atoms with Crippen LogP contribution in [0.3, 0.4) is 0 Å². The Morgan fingerprint density at radius 2 is 2.07 bits per heavy atom. The van der Waals surface area contributed by atoms with E-state index in [0.29, 0.717) is 0 Å². The summed E-state index contributed by atoms with van der Waals surface area (Å²) in [6.07, 6.45) is 7.36. The second-order valence-electron chi connectivity index (χ2n) is 3.37. The molecule has 1 unspecified atom stereocenters. The summed E-state index contributed by atoms with van der Waals surface area (Å²) in [4.78, 5) is 1.20. The molecule has 2 heteroatoms. The zero-order valence-corrected chi connectivity index (χ0v) is 9.54. The molecule has 1 N–H and O–H groups in total. The second kappa shape index (κ2) is 7.39. The fraction of sp³-hybridized carbons (Fsp3) is 0.385. The van der Waals surface area contributed by atoms with Crippen molar-refractivity contribution in [2.75, 3.05) is 5.75 Å². The largest absolute Gasteiger partial charge is 0.392 e. The van der Waals surface area contributed by atoms with E-state index in [1.54, 1.807) is 11.8 Å². The summed E-state index contributed by atoms with van der Waals surface area (Å²) in [5.74, 6) is 3.32. The van der Waals surface area contributed by atoms with Gasteiger partial charge in [0.05, 0.1) is 6.10 Å². The number of aliphatic hydroxyl groups is 1. The van der Waals surface area contributed by atoms with E-state index in [0.717, 1.165) is 25.0 Å². The van der Waals surface area contributed by atoms with Gasteiger partial charge in [0.25, 0.3) is 0 Å². The van der Waals surface area contributed by atoms with Crippen LogP contribution in [0, 0.1) is 12.3 Å². The Bertz CT molecular complexity index is 302. The van der Waals surface area contributed by atoms with Crippen molar-refractivity contribution in [2.45, 2.75) is 30.3 Å². The summed E-state index contributed by atoms with van der Waals surface area (Å²) >= 11 is 1.68. The first-order valence-electron chi connectivity index (χ1n) is 5.12. The first-order valence-corrected chi connectivity index (χ1v) is 6.11. The minimum atomic E-state index is -0.247. The summed E-state index contributed by atoms with van der Waals surface area (Å²) in [5.41, 5.74) is 0. The molecular formula is C13H16OS. The number of aliphatic hydroxyl groups excluding tert-OH is 1. The van der Waals surface area contributed by atoms with Gasteiger partial charge in [0.15, 0.2) is 0 Å². The van der Waals surface area contributed by atoms with E-state index in [9.17, 15) is 5.11 Å². The Morgan fingerprint density at radius 3 is 2.73 bits per heavy atom. The van der Waals surface area contributed by atoms with Crippen molar-refractivity contribution >= 4 is 11.8 Å². The monoisotopic (exact) mass is 220 g/mol. The van der Waals surface area contributed by atoms with Gasteiger partial charge in [-0.25, -0.2) is 0 Å². The van der Waals surface area contributed by atoms with Crippen LogP contribution in [0.25, 0.3) is 0 Å². The Hall–Kier alpha value is -0.910. The fourth-order valence-corrected chi connectivity index (χ4v) is 2.13. The molecule has 0 fully saturated rings. The number of benzene rings is 1.